The van der Waals surface area contributed by atoms with Crippen molar-refractivity contribution in [1.29, 1.82) is 0 Å². The molecule has 0 spiro atoms. The maximum atomic E-state index is 12.9. The summed E-state index contributed by atoms with van der Waals surface area (Å²) in [5, 5.41) is 12.8. The van der Waals surface area contributed by atoms with E-state index in [9.17, 15) is 13.2 Å². The van der Waals surface area contributed by atoms with Crippen molar-refractivity contribution in [2.75, 3.05) is 18.4 Å². The maximum Gasteiger partial charge on any atom is 0.243 e. The molecule has 0 unspecified atom stereocenters. The van der Waals surface area contributed by atoms with E-state index in [2.05, 4.69) is 15.5 Å². The van der Waals surface area contributed by atoms with Gasteiger partial charge in [0.1, 0.15) is 5.01 Å². The first kappa shape index (κ1) is 19.7. The van der Waals surface area contributed by atoms with Gasteiger partial charge in [-0.1, -0.05) is 11.3 Å². The van der Waals surface area contributed by atoms with Crippen molar-refractivity contribution in [2.24, 2.45) is 0 Å². The van der Waals surface area contributed by atoms with Crippen LogP contribution in [0.15, 0.2) is 52.0 Å². The average Bonchev–Trinajstić information content (AvgIpc) is 3.40. The number of nitrogens with one attached hydrogen (secondary N) is 1. The topological polar surface area (TPSA) is 105 Å². The molecule has 2 aromatic heterocycles. The van der Waals surface area contributed by atoms with Gasteiger partial charge in [-0.25, -0.2) is 8.42 Å². The zero-order chi connectivity index (χ0) is 20.4. The number of amides is 1. The van der Waals surface area contributed by atoms with Gasteiger partial charge < -0.3 is 9.73 Å². The second-order valence-corrected chi connectivity index (χ2v) is 9.75. The first-order chi connectivity index (χ1) is 13.9. The molecular weight excluding hydrogens is 412 g/mol. The Balaban J connectivity index is 1.41. The largest absolute Gasteiger partial charge is 0.462 e. The minimum absolute atomic E-state index is 0.185. The van der Waals surface area contributed by atoms with Crippen LogP contribution in [-0.2, 0) is 14.8 Å². The van der Waals surface area contributed by atoms with Gasteiger partial charge in [-0.05, 0) is 49.2 Å². The third-order valence-electron chi connectivity index (χ3n) is 4.79. The molecule has 0 atom stereocenters. The highest BCUT2D eigenvalue weighted by Crippen LogP contribution is 2.35. The fourth-order valence-corrected chi connectivity index (χ4v) is 5.76. The minimum atomic E-state index is -3.57. The Morgan fingerprint density at radius 2 is 1.90 bits per heavy atom. The number of furan rings is 1. The molecule has 1 aromatic carbocycles. The summed E-state index contributed by atoms with van der Waals surface area (Å²) in [5.74, 6) is 0.677. The van der Waals surface area contributed by atoms with Crippen LogP contribution in [-0.4, -0.2) is 41.9 Å². The van der Waals surface area contributed by atoms with Crippen LogP contribution < -0.4 is 5.32 Å². The molecule has 10 heteroatoms. The molecule has 29 heavy (non-hydrogen) atoms. The van der Waals surface area contributed by atoms with E-state index in [-0.39, 0.29) is 16.7 Å². The Morgan fingerprint density at radius 1 is 1.17 bits per heavy atom. The van der Waals surface area contributed by atoms with Crippen LogP contribution in [0.1, 0.15) is 30.7 Å². The third kappa shape index (κ3) is 4.24. The number of piperidine rings is 1. The Morgan fingerprint density at radius 3 is 2.52 bits per heavy atom. The molecule has 1 aliphatic rings. The van der Waals surface area contributed by atoms with Gasteiger partial charge in [0.25, 0.3) is 0 Å². The predicted octanol–water partition coefficient (Wildman–Crippen LogP) is 3.32. The zero-order valence-electron chi connectivity index (χ0n) is 15.7. The van der Waals surface area contributed by atoms with Crippen LogP contribution >= 0.6 is 11.3 Å². The highest BCUT2D eigenvalue weighted by molar-refractivity contribution is 7.89. The molecule has 1 N–H and O–H groups in total. The lowest BCUT2D eigenvalue weighted by Gasteiger charge is -2.30. The molecule has 3 heterocycles. The van der Waals surface area contributed by atoms with Crippen LogP contribution in [0.25, 0.3) is 10.8 Å². The normalized spacial score (nSPS) is 16.0. The quantitative estimate of drug-likeness (QED) is 0.663. The van der Waals surface area contributed by atoms with Crippen LogP contribution in [0.3, 0.4) is 0 Å². The monoisotopic (exact) mass is 432 g/mol. The molecule has 1 amide bonds. The fraction of sp³-hybridized carbons (Fsp3) is 0.316. The Kier molecular flexibility index (Phi) is 5.48. The molecule has 0 bridgehead atoms. The summed E-state index contributed by atoms with van der Waals surface area (Å²) < 4.78 is 32.7. The molecular formula is C19H20N4O4S2. The van der Waals surface area contributed by atoms with Gasteiger partial charge in [0.2, 0.25) is 15.9 Å². The van der Waals surface area contributed by atoms with Crippen molar-refractivity contribution in [3.05, 3.63) is 47.7 Å². The van der Waals surface area contributed by atoms with Gasteiger partial charge in [-0.15, -0.1) is 10.2 Å². The van der Waals surface area contributed by atoms with Gasteiger partial charge in [0.15, 0.2) is 10.8 Å². The van der Waals surface area contributed by atoms with E-state index in [1.54, 1.807) is 18.4 Å². The van der Waals surface area contributed by atoms with E-state index >= 15 is 0 Å². The summed E-state index contributed by atoms with van der Waals surface area (Å²) in [6.07, 6.45) is 2.98. The van der Waals surface area contributed by atoms with Crippen molar-refractivity contribution in [3.8, 4) is 10.8 Å². The van der Waals surface area contributed by atoms with E-state index < -0.39 is 10.0 Å². The summed E-state index contributed by atoms with van der Waals surface area (Å²) in [4.78, 5) is 11.3. The Bertz CT molecular complexity index is 1080. The minimum Gasteiger partial charge on any atom is -0.462 e. The van der Waals surface area contributed by atoms with Crippen molar-refractivity contribution >= 4 is 33.0 Å². The number of aromatic nitrogens is 2. The lowest BCUT2D eigenvalue weighted by Crippen LogP contribution is -2.37. The maximum absolute atomic E-state index is 12.9. The predicted molar refractivity (Wildman–Crippen MR) is 109 cm³/mol. The van der Waals surface area contributed by atoms with E-state index in [1.165, 1.54) is 34.7 Å². The third-order valence-corrected chi connectivity index (χ3v) is 7.80. The molecule has 8 nitrogen and oxygen atoms in total. The van der Waals surface area contributed by atoms with Gasteiger partial charge in [-0.2, -0.15) is 4.31 Å². The highest BCUT2D eigenvalue weighted by Gasteiger charge is 2.31. The number of sulfonamides is 1. The summed E-state index contributed by atoms with van der Waals surface area (Å²) >= 11 is 1.49. The zero-order valence-corrected chi connectivity index (χ0v) is 17.4. The molecule has 1 saturated heterocycles. The molecule has 0 aliphatic carbocycles. The van der Waals surface area contributed by atoms with Gasteiger partial charge >= 0.3 is 0 Å². The van der Waals surface area contributed by atoms with E-state index in [0.717, 1.165) is 10.0 Å². The lowest BCUT2D eigenvalue weighted by atomic mass is 9.99. The van der Waals surface area contributed by atoms with Crippen molar-refractivity contribution < 1.29 is 17.6 Å². The number of nitrogens with zero attached hydrogens (tertiary/aromatic N) is 3. The second kappa shape index (κ2) is 8.05. The number of hydrogen-bond acceptors (Lipinski definition) is 7. The van der Waals surface area contributed by atoms with Crippen LogP contribution in [0.4, 0.5) is 5.69 Å². The van der Waals surface area contributed by atoms with Crippen LogP contribution in [0, 0.1) is 0 Å². The molecule has 0 saturated carbocycles. The van der Waals surface area contributed by atoms with Crippen molar-refractivity contribution in [3.63, 3.8) is 0 Å². The SMILES string of the molecule is CC(=O)Nc1ccc(S(=O)(=O)N2CCC(c3nnc(-c4ccco4)s3)CC2)cc1. The summed E-state index contributed by atoms with van der Waals surface area (Å²) in [5.41, 5.74) is 0.568. The van der Waals surface area contributed by atoms with E-state index in [0.29, 0.717) is 37.4 Å². The number of carbonyl (C=O) groups excluding carboxylic acids is 1. The van der Waals surface area contributed by atoms with Gasteiger partial charge in [-0.3, -0.25) is 4.79 Å². The second-order valence-electron chi connectivity index (χ2n) is 6.81. The Labute approximate surface area is 172 Å². The van der Waals surface area contributed by atoms with Crippen molar-refractivity contribution in [2.45, 2.75) is 30.6 Å². The summed E-state index contributed by atoms with van der Waals surface area (Å²) in [6.45, 7) is 2.26. The molecule has 0 radical (unpaired) electrons. The molecule has 1 fully saturated rings. The summed E-state index contributed by atoms with van der Waals surface area (Å²) in [6, 6.07) is 9.89. The van der Waals surface area contributed by atoms with Gasteiger partial charge in [0.05, 0.1) is 11.2 Å². The average molecular weight is 433 g/mol. The fourth-order valence-electron chi connectivity index (χ4n) is 3.31. The smallest absolute Gasteiger partial charge is 0.243 e. The highest BCUT2D eigenvalue weighted by atomic mass is 32.2. The van der Waals surface area contributed by atoms with Crippen molar-refractivity contribution in [1.82, 2.24) is 14.5 Å². The lowest BCUT2D eigenvalue weighted by molar-refractivity contribution is -0.114. The number of rotatable bonds is 5. The van der Waals surface area contributed by atoms with Gasteiger partial charge in [0, 0.05) is 31.6 Å². The number of hydrogen-bond donors (Lipinski definition) is 1. The summed E-state index contributed by atoms with van der Waals surface area (Å²) in [7, 11) is -3.57. The van der Waals surface area contributed by atoms with E-state index in [1.807, 2.05) is 12.1 Å². The molecule has 3 aromatic rings. The first-order valence-corrected chi connectivity index (χ1v) is 11.4. The van der Waals surface area contributed by atoms with E-state index in [4.69, 9.17) is 4.42 Å². The van der Waals surface area contributed by atoms with Crippen LogP contribution in [0.2, 0.25) is 0 Å². The molecule has 4 rings (SSSR count). The first-order valence-electron chi connectivity index (χ1n) is 9.18. The molecule has 1 aliphatic heterocycles. The number of carbonyl (C=O) groups is 1. The Hall–Kier alpha value is -2.56. The number of benzene rings is 1. The standard InChI is InChI=1S/C19H20N4O4S2/c1-13(24)20-15-4-6-16(7-5-15)29(25,26)23-10-8-14(9-11-23)18-21-22-19(28-18)17-3-2-12-27-17/h2-7,12,14H,8-11H2,1H3,(H,20,24). The van der Waals surface area contributed by atoms with Crippen LogP contribution in [0.5, 0.6) is 0 Å². The molecule has 152 valence electrons. The number of anilines is 1.